The SMILES string of the molecule is c1ccc(-c2ccc(N(c3ccc(-c4ccccc4)cc3)c3ccc(-c4ccc(N(c5ccc6ccccc6c5)c5ccc6c(-c7ccccc7-c7ccc(N(c8ccc(-c9ccccc9)cc8)c8ccc(-c9ccc(N(c%10ccccc%10)c%10ccccc%10)cc9)cc8)cc7)cccc6c5)cc4)cc3)cc2)cc1. The molecule has 0 unspecified atom stereocenters. The molecule has 0 aliphatic rings. The maximum absolute atomic E-state index is 2.39. The van der Waals surface area contributed by atoms with E-state index in [0.29, 0.717) is 0 Å². The van der Waals surface area contributed by atoms with E-state index in [4.69, 9.17) is 0 Å². The molecule has 0 atom stereocenters. The Hall–Kier alpha value is -14.3. The molecule has 0 radical (unpaired) electrons. The molecule has 18 aromatic rings. The van der Waals surface area contributed by atoms with Gasteiger partial charge in [-0.15, -0.1) is 0 Å². The second kappa shape index (κ2) is 29.8. The second-order valence-corrected chi connectivity index (χ2v) is 27.3. The van der Waals surface area contributed by atoms with Crippen molar-refractivity contribution in [2.24, 2.45) is 0 Å². The summed E-state index contributed by atoms with van der Waals surface area (Å²) in [6.45, 7) is 0. The molecule has 4 heteroatoms. The Labute approximate surface area is 632 Å². The molecule has 0 N–H and O–H groups in total. The lowest BCUT2D eigenvalue weighted by Gasteiger charge is -2.27. The zero-order valence-corrected chi connectivity index (χ0v) is 59.5. The van der Waals surface area contributed by atoms with Crippen LogP contribution in [0.5, 0.6) is 0 Å². The lowest BCUT2D eigenvalue weighted by molar-refractivity contribution is 1.28. The lowest BCUT2D eigenvalue weighted by atomic mass is 9.91. The lowest BCUT2D eigenvalue weighted by Crippen LogP contribution is -2.10. The van der Waals surface area contributed by atoms with Crippen LogP contribution in [0.1, 0.15) is 0 Å². The molecule has 0 bridgehead atoms. The van der Waals surface area contributed by atoms with Crippen molar-refractivity contribution < 1.29 is 0 Å². The average Bonchev–Trinajstić information content (AvgIpc) is 0.770. The molecular weight excluding hydrogens is 1310 g/mol. The van der Waals surface area contributed by atoms with E-state index in [9.17, 15) is 0 Å². The van der Waals surface area contributed by atoms with Crippen LogP contribution >= 0.6 is 0 Å². The van der Waals surface area contributed by atoms with Crippen LogP contribution in [0.25, 0.3) is 99.4 Å². The molecule has 0 saturated carbocycles. The van der Waals surface area contributed by atoms with Crippen LogP contribution in [0, 0.1) is 0 Å². The van der Waals surface area contributed by atoms with E-state index in [-0.39, 0.29) is 0 Å². The Bertz CT molecular complexity index is 5960. The number of nitrogens with zero attached hydrogens (tertiary/aromatic N) is 4. The third-order valence-electron chi connectivity index (χ3n) is 20.7. The Morgan fingerprint density at radius 2 is 0.333 bits per heavy atom. The fourth-order valence-electron chi connectivity index (χ4n) is 15.2. The van der Waals surface area contributed by atoms with Gasteiger partial charge in [-0.3, -0.25) is 0 Å². The molecule has 0 fully saturated rings. The normalized spacial score (nSPS) is 11.1. The summed E-state index contributed by atoms with van der Waals surface area (Å²) in [5.41, 5.74) is 29.3. The van der Waals surface area contributed by atoms with Crippen molar-refractivity contribution in [3.05, 3.63) is 449 Å². The highest BCUT2D eigenvalue weighted by atomic mass is 15.2. The molecule has 4 nitrogen and oxygen atoms in total. The predicted octanol–water partition coefficient (Wildman–Crippen LogP) is 29.5. The first-order valence-corrected chi connectivity index (χ1v) is 36.9. The summed E-state index contributed by atoms with van der Waals surface area (Å²) in [7, 11) is 0. The van der Waals surface area contributed by atoms with Crippen LogP contribution in [0.2, 0.25) is 0 Å². The Morgan fingerprint density at radius 3 is 0.685 bits per heavy atom. The van der Waals surface area contributed by atoms with E-state index in [1.54, 1.807) is 0 Å². The number of hydrogen-bond donors (Lipinski definition) is 0. The molecule has 0 spiro atoms. The first kappa shape index (κ1) is 65.7. The van der Waals surface area contributed by atoms with Crippen LogP contribution in [0.4, 0.5) is 68.2 Å². The maximum atomic E-state index is 2.39. The molecule has 0 aromatic heterocycles. The topological polar surface area (TPSA) is 13.0 Å². The van der Waals surface area contributed by atoms with Crippen molar-refractivity contribution in [1.29, 1.82) is 0 Å². The summed E-state index contributed by atoms with van der Waals surface area (Å²) in [5.74, 6) is 0. The van der Waals surface area contributed by atoms with Gasteiger partial charge in [-0.05, 0) is 245 Å². The quantitative estimate of drug-likeness (QED) is 0.0800. The van der Waals surface area contributed by atoms with Gasteiger partial charge in [0.25, 0.3) is 0 Å². The van der Waals surface area contributed by atoms with Crippen LogP contribution in [-0.2, 0) is 0 Å². The molecule has 0 aliphatic carbocycles. The van der Waals surface area contributed by atoms with E-state index in [2.05, 4.69) is 469 Å². The highest BCUT2D eigenvalue weighted by Crippen LogP contribution is 2.46. The third-order valence-corrected chi connectivity index (χ3v) is 20.7. The summed E-state index contributed by atoms with van der Waals surface area (Å²) in [6, 6.07) is 163. The van der Waals surface area contributed by atoms with Gasteiger partial charge in [0.1, 0.15) is 0 Å². The predicted molar refractivity (Wildman–Crippen MR) is 458 cm³/mol. The summed E-state index contributed by atoms with van der Waals surface area (Å²) in [5, 5.41) is 4.72. The monoisotopic (exact) mass is 1380 g/mol. The second-order valence-electron chi connectivity index (χ2n) is 27.3. The molecule has 0 amide bonds. The van der Waals surface area contributed by atoms with Crippen LogP contribution < -0.4 is 19.6 Å². The summed E-state index contributed by atoms with van der Waals surface area (Å²) >= 11 is 0. The molecule has 108 heavy (non-hydrogen) atoms. The summed E-state index contributed by atoms with van der Waals surface area (Å²) in [6.07, 6.45) is 0. The molecule has 18 aromatic carbocycles. The van der Waals surface area contributed by atoms with Crippen molar-refractivity contribution >= 4 is 89.8 Å². The zero-order valence-electron chi connectivity index (χ0n) is 59.5. The number of rotatable bonds is 19. The van der Waals surface area contributed by atoms with Crippen LogP contribution in [0.15, 0.2) is 449 Å². The Balaban J connectivity index is 0.641. The smallest absolute Gasteiger partial charge is 0.0468 e. The minimum absolute atomic E-state index is 1.06. The van der Waals surface area contributed by atoms with Gasteiger partial charge < -0.3 is 19.6 Å². The number of anilines is 12. The highest BCUT2D eigenvalue weighted by Gasteiger charge is 2.21. The fourth-order valence-corrected chi connectivity index (χ4v) is 15.2. The average molecular weight is 1380 g/mol. The highest BCUT2D eigenvalue weighted by molar-refractivity contribution is 6.03. The van der Waals surface area contributed by atoms with Crippen molar-refractivity contribution in [3.8, 4) is 77.9 Å². The van der Waals surface area contributed by atoms with Gasteiger partial charge in [0.05, 0.1) is 0 Å². The largest absolute Gasteiger partial charge is 0.311 e. The first-order valence-electron chi connectivity index (χ1n) is 36.9. The summed E-state index contributed by atoms with van der Waals surface area (Å²) < 4.78 is 0. The maximum Gasteiger partial charge on any atom is 0.0468 e. The van der Waals surface area contributed by atoms with E-state index in [0.717, 1.165) is 107 Å². The van der Waals surface area contributed by atoms with E-state index >= 15 is 0 Å². The summed E-state index contributed by atoms with van der Waals surface area (Å²) in [4.78, 5) is 9.40. The fraction of sp³-hybridized carbons (Fsp3) is 0. The van der Waals surface area contributed by atoms with Crippen molar-refractivity contribution in [2.75, 3.05) is 19.6 Å². The molecule has 18 rings (SSSR count). The Morgan fingerprint density at radius 1 is 0.111 bits per heavy atom. The van der Waals surface area contributed by atoms with Crippen molar-refractivity contribution in [1.82, 2.24) is 0 Å². The van der Waals surface area contributed by atoms with E-state index < -0.39 is 0 Å². The molecule has 0 saturated heterocycles. The van der Waals surface area contributed by atoms with E-state index in [1.807, 2.05) is 0 Å². The molecule has 0 heterocycles. The number of benzene rings is 18. The van der Waals surface area contributed by atoms with Gasteiger partial charge in [-0.1, -0.05) is 303 Å². The van der Waals surface area contributed by atoms with E-state index in [1.165, 1.54) is 60.7 Å². The molecule has 510 valence electrons. The zero-order chi connectivity index (χ0) is 72.0. The van der Waals surface area contributed by atoms with Gasteiger partial charge in [-0.2, -0.15) is 0 Å². The van der Waals surface area contributed by atoms with Gasteiger partial charge in [0.2, 0.25) is 0 Å². The van der Waals surface area contributed by atoms with Gasteiger partial charge >= 0.3 is 0 Å². The van der Waals surface area contributed by atoms with Crippen molar-refractivity contribution in [3.63, 3.8) is 0 Å². The number of fused-ring (bicyclic) bond motifs is 2. The van der Waals surface area contributed by atoms with Gasteiger partial charge in [0.15, 0.2) is 0 Å². The molecular formula is C104H74N4. The van der Waals surface area contributed by atoms with Crippen LogP contribution in [-0.4, -0.2) is 0 Å². The standard InChI is InChI=1S/C104H74N4/c1-6-21-75(22-7-1)79-37-54-92(55-38-79)106(93-56-39-80(40-57-93)76-23-8-2-9-24-76)95-62-45-84(46-63-95)85-49-66-98(67-50-85)108(99-70-51-78-27-16-17-28-87(78)73-99)100-71-72-102-88(74-100)29-20-36-104(102)103-35-19-18-34-101(103)86-52-68-97(69-53-86)107(94-58-41-81(42-59-94)77-25-10-3-11-26-77)96-64-47-83(48-65-96)82-43-60-91(61-44-82)105(89-30-12-4-13-31-89)90-32-14-5-15-33-90/h1-74H. The minimum Gasteiger partial charge on any atom is -0.311 e. The number of para-hydroxylation sites is 2. The molecule has 0 aliphatic heterocycles. The van der Waals surface area contributed by atoms with Crippen molar-refractivity contribution in [2.45, 2.75) is 0 Å². The van der Waals surface area contributed by atoms with Gasteiger partial charge in [-0.25, -0.2) is 0 Å². The van der Waals surface area contributed by atoms with Crippen LogP contribution in [0.3, 0.4) is 0 Å². The van der Waals surface area contributed by atoms with Gasteiger partial charge in [0, 0.05) is 68.2 Å². The third kappa shape index (κ3) is 13.6. The first-order chi connectivity index (χ1) is 53.5. The number of hydrogen-bond acceptors (Lipinski definition) is 4. The Kier molecular flexibility index (Phi) is 18.1. The minimum atomic E-state index is 1.06.